The van der Waals surface area contributed by atoms with Gasteiger partial charge in [-0.25, -0.2) is 4.98 Å². The predicted molar refractivity (Wildman–Crippen MR) is 113 cm³/mol. The number of hydrogen-bond acceptors (Lipinski definition) is 4. The molecule has 1 aliphatic heterocycles. The number of benzene rings is 2. The third-order valence-electron chi connectivity index (χ3n) is 4.83. The molecule has 2 aromatic carbocycles. The van der Waals surface area contributed by atoms with Gasteiger partial charge in [0.05, 0.1) is 0 Å². The Morgan fingerprint density at radius 3 is 2.72 bits per heavy atom. The summed E-state index contributed by atoms with van der Waals surface area (Å²) >= 11 is 1.57. The fourth-order valence-corrected chi connectivity index (χ4v) is 4.07. The van der Waals surface area contributed by atoms with E-state index >= 15 is 0 Å². The average Bonchev–Trinajstić information content (AvgIpc) is 3.32. The first-order valence-corrected chi connectivity index (χ1v) is 10.3. The van der Waals surface area contributed by atoms with E-state index in [1.165, 1.54) is 0 Å². The van der Waals surface area contributed by atoms with Gasteiger partial charge < -0.3 is 14.8 Å². The van der Waals surface area contributed by atoms with Crippen molar-refractivity contribution >= 4 is 29.3 Å². The molecular weight excluding hydrogens is 384 g/mol. The number of imidazole rings is 1. The van der Waals surface area contributed by atoms with Crippen LogP contribution in [0, 0.1) is 0 Å². The van der Waals surface area contributed by atoms with E-state index in [4.69, 9.17) is 0 Å². The maximum Gasteiger partial charge on any atom is 0.255 e. The van der Waals surface area contributed by atoms with Gasteiger partial charge in [-0.2, -0.15) is 0 Å². The van der Waals surface area contributed by atoms with Crippen LogP contribution in [0.4, 0.5) is 5.69 Å². The van der Waals surface area contributed by atoms with Crippen molar-refractivity contribution in [3.05, 3.63) is 72.1 Å². The smallest absolute Gasteiger partial charge is 0.255 e. The highest BCUT2D eigenvalue weighted by atomic mass is 32.2. The Morgan fingerprint density at radius 2 is 2.03 bits per heavy atom. The van der Waals surface area contributed by atoms with Gasteiger partial charge >= 0.3 is 0 Å². The van der Waals surface area contributed by atoms with Gasteiger partial charge in [0.15, 0.2) is 5.16 Å². The first-order valence-electron chi connectivity index (χ1n) is 9.52. The topological polar surface area (TPSA) is 67.2 Å². The fourth-order valence-electron chi connectivity index (χ4n) is 3.27. The van der Waals surface area contributed by atoms with E-state index in [0.29, 0.717) is 18.5 Å². The number of nitrogens with one attached hydrogen (secondary N) is 1. The van der Waals surface area contributed by atoms with Crippen LogP contribution in [0.2, 0.25) is 0 Å². The van der Waals surface area contributed by atoms with Crippen LogP contribution < -0.4 is 5.32 Å². The summed E-state index contributed by atoms with van der Waals surface area (Å²) in [6.07, 6.45) is 5.21. The maximum atomic E-state index is 12.6. The number of hydrogen-bond donors (Lipinski definition) is 1. The minimum absolute atomic E-state index is 0.163. The van der Waals surface area contributed by atoms with E-state index in [0.717, 1.165) is 34.3 Å². The zero-order valence-corrected chi connectivity index (χ0v) is 17.0. The molecule has 0 radical (unpaired) electrons. The molecule has 1 fully saturated rings. The normalized spacial score (nSPS) is 13.7. The molecule has 4 rings (SSSR count). The molecule has 1 saturated heterocycles. The number of carbonyl (C=O) groups excluding carboxylic acids is 2. The van der Waals surface area contributed by atoms with Crippen LogP contribution in [0.3, 0.4) is 0 Å². The standard InChI is InChI=1S/C22H22N4O2S/c1-25-13-11-23-22(25)29-19-9-7-18(8-10-19)24-21(28)17-5-2-4-16(14-17)15-26-12-3-6-20(26)27/h2,4-5,7-11,13-14H,3,6,12,15H2,1H3,(H,24,28). The minimum atomic E-state index is -0.163. The van der Waals surface area contributed by atoms with Gasteiger partial charge in [0, 0.05) is 55.1 Å². The highest BCUT2D eigenvalue weighted by molar-refractivity contribution is 7.99. The quantitative estimate of drug-likeness (QED) is 0.673. The highest BCUT2D eigenvalue weighted by Gasteiger charge is 2.20. The molecule has 0 unspecified atom stereocenters. The SMILES string of the molecule is Cn1ccnc1Sc1ccc(NC(=O)c2cccc(CN3CCCC3=O)c2)cc1. The zero-order valence-electron chi connectivity index (χ0n) is 16.2. The van der Waals surface area contributed by atoms with Crippen molar-refractivity contribution in [3.63, 3.8) is 0 Å². The molecule has 0 saturated carbocycles. The minimum Gasteiger partial charge on any atom is -0.338 e. The molecule has 1 aliphatic rings. The van der Waals surface area contributed by atoms with Crippen LogP contribution >= 0.6 is 11.8 Å². The van der Waals surface area contributed by atoms with Crippen molar-refractivity contribution in [3.8, 4) is 0 Å². The predicted octanol–water partition coefficient (Wildman–Crippen LogP) is 3.95. The van der Waals surface area contributed by atoms with E-state index in [9.17, 15) is 9.59 Å². The van der Waals surface area contributed by atoms with Gasteiger partial charge in [0.1, 0.15) is 0 Å². The van der Waals surface area contributed by atoms with E-state index in [1.807, 2.05) is 65.2 Å². The number of carbonyl (C=O) groups is 2. The lowest BCUT2D eigenvalue weighted by atomic mass is 10.1. The molecule has 6 nitrogen and oxygen atoms in total. The van der Waals surface area contributed by atoms with E-state index in [2.05, 4.69) is 10.3 Å². The van der Waals surface area contributed by atoms with Crippen molar-refractivity contribution in [2.24, 2.45) is 7.05 Å². The van der Waals surface area contributed by atoms with Gasteiger partial charge in [-0.3, -0.25) is 9.59 Å². The molecule has 0 aliphatic carbocycles. The zero-order chi connectivity index (χ0) is 20.2. The van der Waals surface area contributed by atoms with E-state index in [1.54, 1.807) is 24.0 Å². The molecule has 7 heteroatoms. The lowest BCUT2D eigenvalue weighted by Crippen LogP contribution is -2.24. The Balaban J connectivity index is 1.39. The van der Waals surface area contributed by atoms with Crippen LogP contribution in [-0.4, -0.2) is 32.8 Å². The summed E-state index contributed by atoms with van der Waals surface area (Å²) in [6.45, 7) is 1.34. The second-order valence-corrected chi connectivity index (χ2v) is 8.06. The first kappa shape index (κ1) is 19.3. The average molecular weight is 407 g/mol. The molecule has 29 heavy (non-hydrogen) atoms. The third-order valence-corrected chi connectivity index (χ3v) is 5.92. The molecule has 1 N–H and O–H groups in total. The Morgan fingerprint density at radius 1 is 1.21 bits per heavy atom. The summed E-state index contributed by atoms with van der Waals surface area (Å²) in [7, 11) is 1.96. The van der Waals surface area contributed by atoms with Crippen LogP contribution in [0.25, 0.3) is 0 Å². The number of aryl methyl sites for hydroxylation is 1. The second kappa shape index (κ2) is 8.53. The van der Waals surface area contributed by atoms with E-state index < -0.39 is 0 Å². The second-order valence-electron chi connectivity index (χ2n) is 7.02. The molecule has 0 atom stereocenters. The van der Waals surface area contributed by atoms with Crippen molar-refractivity contribution < 1.29 is 9.59 Å². The Hall–Kier alpha value is -3.06. The van der Waals surface area contributed by atoms with Crippen molar-refractivity contribution in [1.82, 2.24) is 14.5 Å². The molecule has 148 valence electrons. The molecule has 1 aromatic heterocycles. The molecule has 2 heterocycles. The van der Waals surface area contributed by atoms with Gasteiger partial charge in [-0.15, -0.1) is 0 Å². The summed E-state index contributed by atoms with van der Waals surface area (Å²) in [4.78, 5) is 31.7. The summed E-state index contributed by atoms with van der Waals surface area (Å²) in [6, 6.07) is 15.1. The largest absolute Gasteiger partial charge is 0.338 e. The number of anilines is 1. The Kier molecular flexibility index (Phi) is 5.67. The third kappa shape index (κ3) is 4.68. The molecule has 3 aromatic rings. The Labute approximate surface area is 173 Å². The summed E-state index contributed by atoms with van der Waals surface area (Å²) < 4.78 is 1.96. The van der Waals surface area contributed by atoms with Crippen LogP contribution in [0.1, 0.15) is 28.8 Å². The molecular formula is C22H22N4O2S. The number of aromatic nitrogens is 2. The van der Waals surface area contributed by atoms with Gasteiger partial charge in [0.25, 0.3) is 5.91 Å². The number of amides is 2. The lowest BCUT2D eigenvalue weighted by Gasteiger charge is -2.16. The van der Waals surface area contributed by atoms with E-state index in [-0.39, 0.29) is 11.8 Å². The number of rotatable bonds is 6. The lowest BCUT2D eigenvalue weighted by molar-refractivity contribution is -0.128. The van der Waals surface area contributed by atoms with Crippen LogP contribution in [0.15, 0.2) is 71.0 Å². The first-order chi connectivity index (χ1) is 14.1. The molecule has 2 amide bonds. The van der Waals surface area contributed by atoms with Crippen LogP contribution in [-0.2, 0) is 18.4 Å². The monoisotopic (exact) mass is 406 g/mol. The van der Waals surface area contributed by atoms with Crippen molar-refractivity contribution in [1.29, 1.82) is 0 Å². The van der Waals surface area contributed by atoms with Gasteiger partial charge in [-0.05, 0) is 48.4 Å². The van der Waals surface area contributed by atoms with Crippen molar-refractivity contribution in [2.75, 3.05) is 11.9 Å². The Bertz CT molecular complexity index is 1030. The number of nitrogens with zero attached hydrogens (tertiary/aromatic N) is 3. The maximum absolute atomic E-state index is 12.6. The van der Waals surface area contributed by atoms with Gasteiger partial charge in [-0.1, -0.05) is 23.9 Å². The summed E-state index contributed by atoms with van der Waals surface area (Å²) in [5, 5.41) is 3.85. The number of likely N-dealkylation sites (tertiary alicyclic amines) is 1. The summed E-state index contributed by atoms with van der Waals surface area (Å²) in [5.41, 5.74) is 2.29. The summed E-state index contributed by atoms with van der Waals surface area (Å²) in [5.74, 6) is 0.0208. The van der Waals surface area contributed by atoms with Crippen molar-refractivity contribution in [2.45, 2.75) is 29.4 Å². The fraction of sp³-hybridized carbons (Fsp3) is 0.227. The highest BCUT2D eigenvalue weighted by Crippen LogP contribution is 2.27. The molecule has 0 spiro atoms. The van der Waals surface area contributed by atoms with Crippen LogP contribution in [0.5, 0.6) is 0 Å². The molecule has 0 bridgehead atoms. The van der Waals surface area contributed by atoms with Gasteiger partial charge in [0.2, 0.25) is 5.91 Å².